The number of nitrogen functional groups attached to an aromatic ring is 1. The summed E-state index contributed by atoms with van der Waals surface area (Å²) in [6.07, 6.45) is 0. The van der Waals surface area contributed by atoms with Crippen LogP contribution in [0.1, 0.15) is 9.75 Å². The molecule has 4 heteroatoms. The van der Waals surface area contributed by atoms with Crippen LogP contribution in [-0.4, -0.2) is 5.84 Å². The summed E-state index contributed by atoms with van der Waals surface area (Å²) in [5.41, 5.74) is 5.29. The second-order valence-electron chi connectivity index (χ2n) is 1.95. The first-order chi connectivity index (χ1) is 4.61. The van der Waals surface area contributed by atoms with Crippen LogP contribution in [0.5, 0.6) is 0 Å². The zero-order chi connectivity index (χ0) is 7.72. The summed E-state index contributed by atoms with van der Waals surface area (Å²) in [5, 5.41) is 7.15. The first kappa shape index (κ1) is 7.75. The van der Waals surface area contributed by atoms with Crippen molar-refractivity contribution in [3.05, 3.63) is 20.3 Å². The van der Waals surface area contributed by atoms with E-state index in [1.165, 1.54) is 11.3 Å². The van der Waals surface area contributed by atoms with Crippen LogP contribution in [0, 0.1) is 12.3 Å². The van der Waals surface area contributed by atoms with Crippen molar-refractivity contribution < 1.29 is 0 Å². The fraction of sp³-hybridized carbons (Fsp3) is 0.167. The van der Waals surface area contributed by atoms with Crippen LogP contribution in [0.25, 0.3) is 0 Å². The highest BCUT2D eigenvalue weighted by atomic mass is 79.9. The zero-order valence-electron chi connectivity index (χ0n) is 5.44. The Bertz CT molecular complexity index is 267. The molecule has 0 saturated carbocycles. The second-order valence-corrected chi connectivity index (χ2v) is 4.06. The first-order valence-corrected chi connectivity index (χ1v) is 4.32. The minimum atomic E-state index is 0.130. The molecule has 1 rings (SSSR count). The monoisotopic (exact) mass is 218 g/mol. The predicted octanol–water partition coefficient (Wildman–Crippen LogP) is 2.10. The summed E-state index contributed by atoms with van der Waals surface area (Å²) in [7, 11) is 0. The smallest absolute Gasteiger partial charge is 0.134 e. The Morgan fingerprint density at radius 1 is 1.80 bits per heavy atom. The van der Waals surface area contributed by atoms with Crippen molar-refractivity contribution >= 4 is 33.1 Å². The van der Waals surface area contributed by atoms with Crippen molar-refractivity contribution in [3.63, 3.8) is 0 Å². The van der Waals surface area contributed by atoms with E-state index in [-0.39, 0.29) is 5.84 Å². The second kappa shape index (κ2) is 2.72. The fourth-order valence-electron chi connectivity index (χ4n) is 0.667. The van der Waals surface area contributed by atoms with E-state index >= 15 is 0 Å². The highest BCUT2D eigenvalue weighted by molar-refractivity contribution is 9.10. The van der Waals surface area contributed by atoms with Gasteiger partial charge in [0.1, 0.15) is 5.84 Å². The van der Waals surface area contributed by atoms with Gasteiger partial charge in [-0.25, -0.2) is 0 Å². The van der Waals surface area contributed by atoms with E-state index in [4.69, 9.17) is 11.1 Å². The lowest BCUT2D eigenvalue weighted by atomic mass is 10.4. The molecule has 0 amide bonds. The van der Waals surface area contributed by atoms with Gasteiger partial charge in [-0.1, -0.05) is 0 Å². The van der Waals surface area contributed by atoms with E-state index in [1.807, 2.05) is 13.0 Å². The molecule has 0 atom stereocenters. The first-order valence-electron chi connectivity index (χ1n) is 2.71. The van der Waals surface area contributed by atoms with Crippen LogP contribution in [0.15, 0.2) is 10.5 Å². The molecule has 2 nitrogen and oxygen atoms in total. The molecule has 0 radical (unpaired) electrons. The largest absolute Gasteiger partial charge is 0.383 e. The molecule has 1 aromatic rings. The minimum Gasteiger partial charge on any atom is -0.383 e. The summed E-state index contributed by atoms with van der Waals surface area (Å²) in [6.45, 7) is 1.99. The maximum atomic E-state index is 7.15. The van der Waals surface area contributed by atoms with Crippen molar-refractivity contribution in [3.8, 4) is 0 Å². The number of amidine groups is 1. The molecule has 0 aromatic carbocycles. The number of aryl methyl sites for hydroxylation is 1. The molecule has 0 aliphatic rings. The number of halogens is 1. The minimum absolute atomic E-state index is 0.130. The van der Waals surface area contributed by atoms with Crippen molar-refractivity contribution in [1.82, 2.24) is 0 Å². The molecule has 0 aliphatic carbocycles. The lowest BCUT2D eigenvalue weighted by molar-refractivity contribution is 1.45. The SMILES string of the molecule is Cc1cc(Br)c(C(=N)N)s1. The van der Waals surface area contributed by atoms with E-state index in [9.17, 15) is 0 Å². The molecule has 54 valence electrons. The Kier molecular flexibility index (Phi) is 2.11. The van der Waals surface area contributed by atoms with Gasteiger partial charge in [-0.15, -0.1) is 11.3 Å². The lowest BCUT2D eigenvalue weighted by Crippen LogP contribution is -2.09. The third-order valence-corrected chi connectivity index (χ3v) is 3.03. The molecule has 0 unspecified atom stereocenters. The highest BCUT2D eigenvalue weighted by Gasteiger charge is 2.05. The molecule has 1 heterocycles. The van der Waals surface area contributed by atoms with Gasteiger partial charge in [-0.05, 0) is 28.9 Å². The normalized spacial score (nSPS) is 9.80. The molecule has 1 aromatic heterocycles. The quantitative estimate of drug-likeness (QED) is 0.551. The fourth-order valence-corrected chi connectivity index (χ4v) is 2.38. The van der Waals surface area contributed by atoms with Gasteiger partial charge < -0.3 is 5.73 Å². The van der Waals surface area contributed by atoms with Gasteiger partial charge in [0, 0.05) is 9.35 Å². The number of hydrogen-bond donors (Lipinski definition) is 2. The van der Waals surface area contributed by atoms with Gasteiger partial charge in [-0.2, -0.15) is 0 Å². The molecule has 0 aliphatic heterocycles. The van der Waals surface area contributed by atoms with E-state index in [0.29, 0.717) is 0 Å². The standard InChI is InChI=1S/C6H7BrN2S/c1-3-2-4(7)5(10-3)6(8)9/h2H,1H3,(H3,8,9). The maximum absolute atomic E-state index is 7.15. The molecule has 0 bridgehead atoms. The van der Waals surface area contributed by atoms with Crippen LogP contribution in [0.3, 0.4) is 0 Å². The summed E-state index contributed by atoms with van der Waals surface area (Å²) >= 11 is 4.83. The molecular weight excluding hydrogens is 212 g/mol. The van der Waals surface area contributed by atoms with Crippen LogP contribution < -0.4 is 5.73 Å². The van der Waals surface area contributed by atoms with Gasteiger partial charge in [0.05, 0.1) is 4.88 Å². The van der Waals surface area contributed by atoms with Gasteiger partial charge >= 0.3 is 0 Å². The van der Waals surface area contributed by atoms with Crippen LogP contribution >= 0.6 is 27.3 Å². The van der Waals surface area contributed by atoms with Gasteiger partial charge in [0.25, 0.3) is 0 Å². The Labute approximate surface area is 71.7 Å². The molecule has 0 fully saturated rings. The maximum Gasteiger partial charge on any atom is 0.134 e. The topological polar surface area (TPSA) is 49.9 Å². The number of hydrogen-bond acceptors (Lipinski definition) is 2. The van der Waals surface area contributed by atoms with Crippen molar-refractivity contribution in [2.75, 3.05) is 0 Å². The number of thiophene rings is 1. The Balaban J connectivity index is 3.15. The van der Waals surface area contributed by atoms with E-state index < -0.39 is 0 Å². The third-order valence-electron chi connectivity index (χ3n) is 1.05. The molecular formula is C6H7BrN2S. The summed E-state index contributed by atoms with van der Waals surface area (Å²) < 4.78 is 0.919. The van der Waals surface area contributed by atoms with Gasteiger partial charge in [0.2, 0.25) is 0 Å². The average molecular weight is 219 g/mol. The Morgan fingerprint density at radius 2 is 2.40 bits per heavy atom. The average Bonchev–Trinajstić information content (AvgIpc) is 2.10. The van der Waals surface area contributed by atoms with Crippen molar-refractivity contribution in [1.29, 1.82) is 5.41 Å². The zero-order valence-corrected chi connectivity index (χ0v) is 7.84. The van der Waals surface area contributed by atoms with E-state index in [0.717, 1.165) is 14.2 Å². The van der Waals surface area contributed by atoms with Crippen molar-refractivity contribution in [2.24, 2.45) is 5.73 Å². The molecule has 0 saturated heterocycles. The Hall–Kier alpha value is -0.350. The van der Waals surface area contributed by atoms with E-state index in [1.54, 1.807) is 0 Å². The summed E-state index contributed by atoms with van der Waals surface area (Å²) in [6, 6.07) is 1.96. The highest BCUT2D eigenvalue weighted by Crippen LogP contribution is 2.25. The van der Waals surface area contributed by atoms with Gasteiger partial charge in [-0.3, -0.25) is 5.41 Å². The number of nitrogens with one attached hydrogen (secondary N) is 1. The number of nitrogens with two attached hydrogens (primary N) is 1. The van der Waals surface area contributed by atoms with E-state index in [2.05, 4.69) is 15.9 Å². The Morgan fingerprint density at radius 3 is 2.60 bits per heavy atom. The molecule has 10 heavy (non-hydrogen) atoms. The van der Waals surface area contributed by atoms with Crippen molar-refractivity contribution in [2.45, 2.75) is 6.92 Å². The predicted molar refractivity (Wildman–Crippen MR) is 47.8 cm³/mol. The number of rotatable bonds is 1. The lowest BCUT2D eigenvalue weighted by Gasteiger charge is -1.90. The summed E-state index contributed by atoms with van der Waals surface area (Å²) in [4.78, 5) is 1.98. The molecule has 0 spiro atoms. The molecule has 3 N–H and O–H groups in total. The van der Waals surface area contributed by atoms with Crippen LogP contribution in [0.2, 0.25) is 0 Å². The van der Waals surface area contributed by atoms with Crippen LogP contribution in [0.4, 0.5) is 0 Å². The summed E-state index contributed by atoms with van der Waals surface area (Å²) in [5.74, 6) is 0.130. The van der Waals surface area contributed by atoms with Crippen LogP contribution in [-0.2, 0) is 0 Å². The van der Waals surface area contributed by atoms with Gasteiger partial charge in [0.15, 0.2) is 0 Å². The third kappa shape index (κ3) is 1.38.